The monoisotopic (exact) mass is 267 g/mol. The Balaban J connectivity index is 1.82. The van der Waals surface area contributed by atoms with E-state index in [1.54, 1.807) is 13.0 Å². The van der Waals surface area contributed by atoms with Crippen molar-refractivity contribution >= 4 is 5.97 Å². The largest absolute Gasteiger partial charge is 0.478 e. The van der Waals surface area contributed by atoms with E-state index in [2.05, 4.69) is 5.32 Å². The Morgan fingerprint density at radius 2 is 2.21 bits per heavy atom. The Hall–Kier alpha value is -1.33. The lowest BCUT2D eigenvalue weighted by Gasteiger charge is -2.17. The van der Waals surface area contributed by atoms with Crippen molar-refractivity contribution in [1.29, 1.82) is 0 Å². The molecule has 1 aromatic rings. The second-order valence-electron chi connectivity index (χ2n) is 5.25. The number of hydrogen-bond donors (Lipinski definition) is 3. The first-order valence-electron chi connectivity index (χ1n) is 6.76. The summed E-state index contributed by atoms with van der Waals surface area (Å²) in [6.45, 7) is 3.29. The lowest BCUT2D eigenvalue weighted by molar-refractivity contribution is 0.0695. The van der Waals surface area contributed by atoms with Crippen molar-refractivity contribution in [3.63, 3.8) is 0 Å². The van der Waals surface area contributed by atoms with Gasteiger partial charge in [0.2, 0.25) is 0 Å². The zero-order valence-corrected chi connectivity index (χ0v) is 11.2. The average molecular weight is 267 g/mol. The van der Waals surface area contributed by atoms with E-state index < -0.39 is 5.97 Å². The number of aryl methyl sites for hydroxylation is 1. The third-order valence-electron chi connectivity index (χ3n) is 3.96. The fraction of sp³-hybridized carbons (Fsp3) is 0.643. The van der Waals surface area contributed by atoms with Gasteiger partial charge in [-0.05, 0) is 44.2 Å². The van der Waals surface area contributed by atoms with Gasteiger partial charge in [-0.3, -0.25) is 0 Å². The number of nitrogens with one attached hydrogen (secondary N) is 1. The van der Waals surface area contributed by atoms with Crippen LogP contribution in [0.1, 0.15) is 41.1 Å². The quantitative estimate of drug-likeness (QED) is 0.732. The number of aliphatic hydroxyl groups excluding tert-OH is 1. The number of carboxylic acids is 1. The summed E-state index contributed by atoms with van der Waals surface area (Å²) in [5.41, 5.74) is 0.228. The Bertz CT molecular complexity index is 441. The summed E-state index contributed by atoms with van der Waals surface area (Å²) in [6.07, 6.45) is 3.43. The number of hydrogen-bond acceptors (Lipinski definition) is 4. The molecule has 1 aliphatic rings. The van der Waals surface area contributed by atoms with Crippen molar-refractivity contribution < 1.29 is 19.4 Å². The Labute approximate surface area is 112 Å². The van der Waals surface area contributed by atoms with Crippen LogP contribution < -0.4 is 5.32 Å². The van der Waals surface area contributed by atoms with Crippen LogP contribution in [0.15, 0.2) is 10.5 Å². The molecule has 0 spiro atoms. The maximum absolute atomic E-state index is 10.9. The van der Waals surface area contributed by atoms with Gasteiger partial charge < -0.3 is 19.9 Å². The van der Waals surface area contributed by atoms with Crippen LogP contribution in [0.3, 0.4) is 0 Å². The molecule has 2 rings (SSSR count). The minimum Gasteiger partial charge on any atom is -0.478 e. The third-order valence-corrected chi connectivity index (χ3v) is 3.96. The average Bonchev–Trinajstić information content (AvgIpc) is 2.95. The second kappa shape index (κ2) is 6.21. The number of rotatable bonds is 6. The van der Waals surface area contributed by atoms with Crippen LogP contribution in [0.2, 0.25) is 0 Å². The molecule has 0 amide bonds. The number of furan rings is 1. The van der Waals surface area contributed by atoms with Gasteiger partial charge in [0.05, 0.1) is 6.54 Å². The third kappa shape index (κ3) is 3.36. The van der Waals surface area contributed by atoms with Crippen LogP contribution in [0, 0.1) is 18.8 Å². The lowest BCUT2D eigenvalue weighted by Crippen LogP contribution is -2.26. The first-order valence-corrected chi connectivity index (χ1v) is 6.76. The molecule has 5 heteroatoms. The first-order chi connectivity index (χ1) is 9.11. The standard InChI is InChI=1S/C14H21NO4/c1-9-13(14(17)18)5-12(19-9)7-15-6-10-3-2-4-11(10)8-16/h5,10-11,15-16H,2-4,6-8H2,1H3,(H,17,18). The molecule has 19 heavy (non-hydrogen) atoms. The van der Waals surface area contributed by atoms with Crippen LogP contribution >= 0.6 is 0 Å². The molecular formula is C14H21NO4. The van der Waals surface area contributed by atoms with Crippen LogP contribution in [-0.4, -0.2) is 29.3 Å². The van der Waals surface area contributed by atoms with E-state index in [-0.39, 0.29) is 12.2 Å². The Morgan fingerprint density at radius 3 is 2.84 bits per heavy atom. The molecule has 1 heterocycles. The van der Waals surface area contributed by atoms with Gasteiger partial charge >= 0.3 is 5.97 Å². The summed E-state index contributed by atoms with van der Waals surface area (Å²) in [5.74, 6) is 1.05. The maximum atomic E-state index is 10.9. The molecule has 1 fully saturated rings. The fourth-order valence-corrected chi connectivity index (χ4v) is 2.85. The highest BCUT2D eigenvalue weighted by Crippen LogP contribution is 2.30. The van der Waals surface area contributed by atoms with Crippen molar-refractivity contribution in [3.05, 3.63) is 23.2 Å². The summed E-state index contributed by atoms with van der Waals surface area (Å²) in [5, 5.41) is 21.5. The minimum atomic E-state index is -0.955. The number of carboxylic acid groups (broad SMARTS) is 1. The van der Waals surface area contributed by atoms with Gasteiger partial charge in [0.15, 0.2) is 0 Å². The zero-order chi connectivity index (χ0) is 13.8. The van der Waals surface area contributed by atoms with E-state index in [1.165, 1.54) is 6.42 Å². The van der Waals surface area contributed by atoms with Crippen molar-refractivity contribution in [2.75, 3.05) is 13.2 Å². The van der Waals surface area contributed by atoms with Crippen LogP contribution in [-0.2, 0) is 6.54 Å². The number of aromatic carboxylic acids is 1. The highest BCUT2D eigenvalue weighted by molar-refractivity contribution is 5.88. The topological polar surface area (TPSA) is 82.7 Å². The van der Waals surface area contributed by atoms with E-state index in [1.807, 2.05) is 0 Å². The number of carbonyl (C=O) groups is 1. The predicted molar refractivity (Wildman–Crippen MR) is 70.0 cm³/mol. The van der Waals surface area contributed by atoms with Crippen molar-refractivity contribution in [1.82, 2.24) is 5.32 Å². The fourth-order valence-electron chi connectivity index (χ4n) is 2.85. The normalized spacial score (nSPS) is 22.8. The van der Waals surface area contributed by atoms with E-state index in [0.717, 1.165) is 19.4 Å². The summed E-state index contributed by atoms with van der Waals surface area (Å²) in [6, 6.07) is 1.57. The van der Waals surface area contributed by atoms with Gasteiger partial charge in [-0.25, -0.2) is 4.79 Å². The van der Waals surface area contributed by atoms with E-state index >= 15 is 0 Å². The molecule has 5 nitrogen and oxygen atoms in total. The van der Waals surface area contributed by atoms with Gasteiger partial charge in [-0.1, -0.05) is 6.42 Å². The highest BCUT2D eigenvalue weighted by atomic mass is 16.4. The molecule has 1 saturated carbocycles. The van der Waals surface area contributed by atoms with E-state index in [4.69, 9.17) is 9.52 Å². The molecule has 1 aliphatic carbocycles. The summed E-state index contributed by atoms with van der Waals surface area (Å²) >= 11 is 0. The Kier molecular flexibility index (Phi) is 4.61. The lowest BCUT2D eigenvalue weighted by atomic mass is 9.97. The summed E-state index contributed by atoms with van der Waals surface area (Å²) < 4.78 is 5.40. The van der Waals surface area contributed by atoms with Crippen molar-refractivity contribution in [2.24, 2.45) is 11.8 Å². The molecular weight excluding hydrogens is 246 g/mol. The smallest absolute Gasteiger partial charge is 0.339 e. The second-order valence-corrected chi connectivity index (χ2v) is 5.25. The number of aliphatic hydroxyl groups is 1. The molecule has 2 atom stereocenters. The van der Waals surface area contributed by atoms with Crippen LogP contribution in [0.5, 0.6) is 0 Å². The highest BCUT2D eigenvalue weighted by Gasteiger charge is 2.26. The zero-order valence-electron chi connectivity index (χ0n) is 11.2. The Morgan fingerprint density at radius 1 is 1.47 bits per heavy atom. The molecule has 0 aromatic carbocycles. The molecule has 3 N–H and O–H groups in total. The van der Waals surface area contributed by atoms with Gasteiger partial charge in [-0.2, -0.15) is 0 Å². The molecule has 1 aromatic heterocycles. The molecule has 0 bridgehead atoms. The molecule has 106 valence electrons. The SMILES string of the molecule is Cc1oc(CNCC2CCCC2CO)cc1C(=O)O. The minimum absolute atomic E-state index is 0.228. The molecule has 0 saturated heterocycles. The van der Waals surface area contributed by atoms with Crippen molar-refractivity contribution in [3.8, 4) is 0 Å². The molecule has 0 radical (unpaired) electrons. The van der Waals surface area contributed by atoms with E-state index in [9.17, 15) is 9.90 Å². The maximum Gasteiger partial charge on any atom is 0.339 e. The van der Waals surface area contributed by atoms with Gasteiger partial charge in [0.1, 0.15) is 17.1 Å². The van der Waals surface area contributed by atoms with Gasteiger partial charge in [0.25, 0.3) is 0 Å². The van der Waals surface area contributed by atoms with Gasteiger partial charge in [0, 0.05) is 6.61 Å². The molecule has 0 aliphatic heterocycles. The first kappa shape index (κ1) is 14.1. The van der Waals surface area contributed by atoms with E-state index in [0.29, 0.717) is 29.9 Å². The van der Waals surface area contributed by atoms with Crippen molar-refractivity contribution in [2.45, 2.75) is 32.7 Å². The predicted octanol–water partition coefficient (Wildman–Crippen LogP) is 1.78. The molecule has 2 unspecified atom stereocenters. The summed E-state index contributed by atoms with van der Waals surface area (Å²) in [4.78, 5) is 10.9. The van der Waals surface area contributed by atoms with Gasteiger partial charge in [-0.15, -0.1) is 0 Å². The van der Waals surface area contributed by atoms with Crippen LogP contribution in [0.4, 0.5) is 0 Å². The van der Waals surface area contributed by atoms with Crippen LogP contribution in [0.25, 0.3) is 0 Å². The summed E-state index contributed by atoms with van der Waals surface area (Å²) in [7, 11) is 0.